The molecular weight excluding hydrogens is 482 g/mol. The quantitative estimate of drug-likeness (QED) is 0.399. The fourth-order valence-electron chi connectivity index (χ4n) is 2.74. The second-order valence-corrected chi connectivity index (χ2v) is 5.43. The number of rotatable bonds is 2. The van der Waals surface area contributed by atoms with Gasteiger partial charge in [0, 0.05) is 32.7 Å². The molecule has 0 amide bonds. The number of hydrogen-bond acceptors (Lipinski definition) is 5. The van der Waals surface area contributed by atoms with Gasteiger partial charge >= 0.3 is 0 Å². The number of aryl methyl sites for hydroxylation is 3. The van der Waals surface area contributed by atoms with Gasteiger partial charge in [0.15, 0.2) is 5.89 Å². The number of fused-ring (bicyclic) bond motifs is 1. The minimum atomic E-state index is 0. The van der Waals surface area contributed by atoms with E-state index in [-0.39, 0.29) is 20.1 Å². The molecule has 0 atom stereocenters. The summed E-state index contributed by atoms with van der Waals surface area (Å²) < 4.78 is 7.38. The topological polar surface area (TPSA) is 69.6 Å². The van der Waals surface area contributed by atoms with Crippen LogP contribution < -0.4 is 0 Å². The molecule has 1 aromatic carbocycles. The Morgan fingerprint density at radius 3 is 2.58 bits per heavy atom. The Kier molecular flexibility index (Phi) is 4.30. The Morgan fingerprint density at radius 1 is 1.08 bits per heavy atom. The van der Waals surface area contributed by atoms with Crippen LogP contribution in [0.15, 0.2) is 35.0 Å². The van der Waals surface area contributed by atoms with Crippen LogP contribution in [0.4, 0.5) is 0 Å². The summed E-state index contributed by atoms with van der Waals surface area (Å²) in [5.74, 6) is 1.21. The normalized spacial score (nSPS) is 10.8. The summed E-state index contributed by atoms with van der Waals surface area (Å²) in [7, 11) is 0. The molecule has 0 N–H and O–H groups in total. The molecule has 24 heavy (non-hydrogen) atoms. The monoisotopic (exact) mass is 497 g/mol. The Labute approximate surface area is 152 Å². The second kappa shape index (κ2) is 6.26. The first kappa shape index (κ1) is 16.5. The van der Waals surface area contributed by atoms with Gasteiger partial charge in [-0.15, -0.1) is 12.1 Å². The minimum absolute atomic E-state index is 0. The zero-order valence-corrected chi connectivity index (χ0v) is 15.8. The standard InChI is InChI=1S/C17H14N5O.Ir/c1-10-5-4-6-11(2)15(10)22-9-18-21-17(22)13-7-8-14-16(20-13)19-12(3)23-14;/h4-6,8-9H,1-3H3;/q-1;. The average Bonchev–Trinajstić information content (AvgIpc) is 3.11. The molecule has 0 aliphatic carbocycles. The van der Waals surface area contributed by atoms with Crippen LogP contribution in [-0.2, 0) is 20.1 Å². The molecule has 0 spiro atoms. The number of aromatic nitrogens is 5. The molecule has 3 aromatic heterocycles. The average molecular weight is 497 g/mol. The molecule has 0 bridgehead atoms. The van der Waals surface area contributed by atoms with E-state index in [0.29, 0.717) is 28.6 Å². The third-order valence-electron chi connectivity index (χ3n) is 3.74. The van der Waals surface area contributed by atoms with Gasteiger partial charge < -0.3 is 8.98 Å². The van der Waals surface area contributed by atoms with Crippen molar-refractivity contribution in [3.8, 4) is 17.2 Å². The van der Waals surface area contributed by atoms with Gasteiger partial charge in [0.25, 0.3) is 0 Å². The van der Waals surface area contributed by atoms with Crippen molar-refractivity contribution in [1.82, 2.24) is 24.7 Å². The van der Waals surface area contributed by atoms with Crippen LogP contribution in [0.5, 0.6) is 0 Å². The molecule has 6 nitrogen and oxygen atoms in total. The van der Waals surface area contributed by atoms with Crippen molar-refractivity contribution in [2.45, 2.75) is 20.8 Å². The third kappa shape index (κ3) is 2.66. The summed E-state index contributed by atoms with van der Waals surface area (Å²) >= 11 is 0. The Balaban J connectivity index is 0.00000169. The maximum absolute atomic E-state index is 5.45. The molecule has 0 saturated carbocycles. The summed E-state index contributed by atoms with van der Waals surface area (Å²) in [6, 6.07) is 11.0. The van der Waals surface area contributed by atoms with Gasteiger partial charge in [0.2, 0.25) is 0 Å². The van der Waals surface area contributed by atoms with Gasteiger partial charge in [0.1, 0.15) is 12.0 Å². The van der Waals surface area contributed by atoms with E-state index in [4.69, 9.17) is 4.42 Å². The zero-order valence-electron chi connectivity index (χ0n) is 13.4. The van der Waals surface area contributed by atoms with Crippen LogP contribution in [0.25, 0.3) is 28.4 Å². The smallest absolute Gasteiger partial charge is 0.179 e. The number of para-hydroxylation sites is 1. The van der Waals surface area contributed by atoms with E-state index in [2.05, 4.69) is 52.2 Å². The molecule has 7 heteroatoms. The van der Waals surface area contributed by atoms with E-state index in [1.165, 1.54) is 0 Å². The summed E-state index contributed by atoms with van der Waals surface area (Å²) in [5.41, 5.74) is 5.09. The molecular formula is C17H14IrN5O-. The summed E-state index contributed by atoms with van der Waals surface area (Å²) in [4.78, 5) is 8.77. The fraction of sp³-hybridized carbons (Fsp3) is 0.176. The molecule has 0 unspecified atom stereocenters. The molecule has 0 saturated heterocycles. The number of hydrogen-bond donors (Lipinski definition) is 0. The predicted octanol–water partition coefficient (Wildman–Crippen LogP) is 3.19. The Hall–Kier alpha value is -2.37. The van der Waals surface area contributed by atoms with E-state index in [1.54, 1.807) is 19.3 Å². The van der Waals surface area contributed by atoms with Crippen molar-refractivity contribution in [1.29, 1.82) is 0 Å². The second-order valence-electron chi connectivity index (χ2n) is 5.43. The van der Waals surface area contributed by atoms with Crippen LogP contribution in [0.1, 0.15) is 17.0 Å². The summed E-state index contributed by atoms with van der Waals surface area (Å²) in [6.45, 7) is 5.92. The van der Waals surface area contributed by atoms with Crippen LogP contribution >= 0.6 is 0 Å². The third-order valence-corrected chi connectivity index (χ3v) is 3.74. The van der Waals surface area contributed by atoms with Crippen LogP contribution in [0, 0.1) is 26.8 Å². The zero-order chi connectivity index (χ0) is 16.0. The van der Waals surface area contributed by atoms with Crippen LogP contribution in [0.2, 0.25) is 0 Å². The molecule has 4 rings (SSSR count). The van der Waals surface area contributed by atoms with Crippen molar-refractivity contribution < 1.29 is 24.5 Å². The van der Waals surface area contributed by atoms with Gasteiger partial charge in [-0.1, -0.05) is 18.2 Å². The van der Waals surface area contributed by atoms with Gasteiger partial charge in [-0.25, -0.2) is 4.98 Å². The molecule has 4 aromatic rings. The largest absolute Gasteiger partial charge is 0.501 e. The molecule has 3 heterocycles. The van der Waals surface area contributed by atoms with Crippen molar-refractivity contribution in [2.24, 2.45) is 0 Å². The fourth-order valence-corrected chi connectivity index (χ4v) is 2.74. The van der Waals surface area contributed by atoms with E-state index in [0.717, 1.165) is 16.8 Å². The van der Waals surface area contributed by atoms with Crippen LogP contribution in [0.3, 0.4) is 0 Å². The molecule has 0 aliphatic heterocycles. The van der Waals surface area contributed by atoms with Crippen molar-refractivity contribution in [3.63, 3.8) is 0 Å². The van der Waals surface area contributed by atoms with E-state index in [9.17, 15) is 0 Å². The molecule has 1 radical (unpaired) electrons. The summed E-state index contributed by atoms with van der Waals surface area (Å²) in [6.07, 6.45) is 1.69. The van der Waals surface area contributed by atoms with Gasteiger partial charge in [-0.05, 0) is 30.7 Å². The first-order chi connectivity index (χ1) is 11.1. The van der Waals surface area contributed by atoms with Gasteiger partial charge in [-0.3, -0.25) is 4.98 Å². The number of nitrogens with zero attached hydrogens (tertiary/aromatic N) is 5. The van der Waals surface area contributed by atoms with Crippen molar-refractivity contribution in [2.75, 3.05) is 0 Å². The molecule has 123 valence electrons. The predicted molar refractivity (Wildman–Crippen MR) is 85.2 cm³/mol. The Morgan fingerprint density at radius 2 is 1.83 bits per heavy atom. The SMILES string of the molecule is Cc1nc2nc(-c3nncn3-c3c(C)cccc3C)[c-]cc2o1.[Ir]. The number of pyridine rings is 1. The molecule has 0 fully saturated rings. The van der Waals surface area contributed by atoms with E-state index >= 15 is 0 Å². The number of oxazole rings is 1. The van der Waals surface area contributed by atoms with Crippen molar-refractivity contribution in [3.05, 3.63) is 53.7 Å². The van der Waals surface area contributed by atoms with Gasteiger partial charge in [0.05, 0.1) is 11.4 Å². The minimum Gasteiger partial charge on any atom is -0.501 e. The summed E-state index contributed by atoms with van der Waals surface area (Å²) in [5, 5.41) is 8.27. The first-order valence-electron chi connectivity index (χ1n) is 7.26. The van der Waals surface area contributed by atoms with Gasteiger partial charge in [-0.2, -0.15) is 10.2 Å². The first-order valence-corrected chi connectivity index (χ1v) is 7.26. The van der Waals surface area contributed by atoms with Crippen molar-refractivity contribution >= 4 is 11.2 Å². The molecule has 0 aliphatic rings. The van der Waals surface area contributed by atoms with E-state index < -0.39 is 0 Å². The maximum Gasteiger partial charge on any atom is 0.179 e. The maximum atomic E-state index is 5.45. The Bertz CT molecular complexity index is 1000. The number of benzene rings is 1. The van der Waals surface area contributed by atoms with E-state index in [1.807, 2.05) is 10.6 Å². The van der Waals surface area contributed by atoms with Crippen LogP contribution in [-0.4, -0.2) is 24.7 Å².